The molecule has 0 spiro atoms. The number of carbonyl (C=O) groups excluding carboxylic acids is 2. The second kappa shape index (κ2) is 8.66. The Balaban J connectivity index is 1.49. The highest BCUT2D eigenvalue weighted by Gasteiger charge is 2.27. The van der Waals surface area contributed by atoms with Gasteiger partial charge in [0.2, 0.25) is 0 Å². The molecular formula is C21H23FN2O3. The van der Waals surface area contributed by atoms with Gasteiger partial charge < -0.3 is 14.5 Å². The smallest absolute Gasteiger partial charge is 0.311 e. The summed E-state index contributed by atoms with van der Waals surface area (Å²) in [4.78, 5) is 28.5. The zero-order chi connectivity index (χ0) is 19.2. The molecule has 1 amide bonds. The number of rotatable bonds is 5. The van der Waals surface area contributed by atoms with E-state index in [1.807, 2.05) is 30.3 Å². The van der Waals surface area contributed by atoms with Gasteiger partial charge in [0.1, 0.15) is 5.82 Å². The lowest BCUT2D eigenvalue weighted by molar-refractivity contribution is -0.158. The van der Waals surface area contributed by atoms with Gasteiger partial charge in [0.25, 0.3) is 5.91 Å². The van der Waals surface area contributed by atoms with Crippen LogP contribution < -0.4 is 4.90 Å². The number of hydrogen-bond acceptors (Lipinski definition) is 4. The first kappa shape index (κ1) is 18.9. The van der Waals surface area contributed by atoms with Crippen LogP contribution in [0.2, 0.25) is 0 Å². The van der Waals surface area contributed by atoms with Crippen molar-refractivity contribution in [2.24, 2.45) is 0 Å². The fourth-order valence-corrected chi connectivity index (χ4v) is 3.17. The van der Waals surface area contributed by atoms with Gasteiger partial charge in [0, 0.05) is 31.9 Å². The number of halogens is 1. The Bertz CT molecular complexity index is 789. The van der Waals surface area contributed by atoms with Crippen LogP contribution in [0.5, 0.6) is 0 Å². The molecule has 5 nitrogen and oxygen atoms in total. The summed E-state index contributed by atoms with van der Waals surface area (Å²) in [7, 11) is 0. The molecule has 0 N–H and O–H groups in total. The third-order valence-corrected chi connectivity index (χ3v) is 4.66. The van der Waals surface area contributed by atoms with Crippen LogP contribution in [0.1, 0.15) is 12.5 Å². The Morgan fingerprint density at radius 3 is 2.30 bits per heavy atom. The van der Waals surface area contributed by atoms with Crippen molar-refractivity contribution >= 4 is 17.6 Å². The molecular weight excluding hydrogens is 347 g/mol. The SMILES string of the molecule is C[C@H](OC(=O)Cc1ccccc1F)C(=O)N1CCN(c2ccccc2)CC1. The van der Waals surface area contributed by atoms with Crippen LogP contribution in [0, 0.1) is 5.82 Å². The normalized spacial score (nSPS) is 15.3. The van der Waals surface area contributed by atoms with Crippen molar-refractivity contribution < 1.29 is 18.7 Å². The predicted molar refractivity (Wildman–Crippen MR) is 101 cm³/mol. The molecule has 1 aliphatic heterocycles. The summed E-state index contributed by atoms with van der Waals surface area (Å²) >= 11 is 0. The van der Waals surface area contributed by atoms with E-state index in [0.717, 1.165) is 18.8 Å². The van der Waals surface area contributed by atoms with Crippen LogP contribution in [-0.4, -0.2) is 49.1 Å². The fraction of sp³-hybridized carbons (Fsp3) is 0.333. The average molecular weight is 370 g/mol. The maximum absolute atomic E-state index is 13.6. The molecule has 6 heteroatoms. The van der Waals surface area contributed by atoms with Gasteiger partial charge in [-0.2, -0.15) is 0 Å². The van der Waals surface area contributed by atoms with Crippen LogP contribution in [0.25, 0.3) is 0 Å². The lowest BCUT2D eigenvalue weighted by Gasteiger charge is -2.37. The topological polar surface area (TPSA) is 49.9 Å². The highest BCUT2D eigenvalue weighted by atomic mass is 19.1. The number of carbonyl (C=O) groups is 2. The first-order chi connectivity index (χ1) is 13.0. The van der Waals surface area contributed by atoms with Gasteiger partial charge in [-0.15, -0.1) is 0 Å². The second-order valence-corrected chi connectivity index (χ2v) is 6.55. The van der Waals surface area contributed by atoms with E-state index in [-0.39, 0.29) is 17.9 Å². The second-order valence-electron chi connectivity index (χ2n) is 6.55. The summed E-state index contributed by atoms with van der Waals surface area (Å²) in [6, 6.07) is 16.1. The van der Waals surface area contributed by atoms with Crippen molar-refractivity contribution in [1.82, 2.24) is 4.90 Å². The van der Waals surface area contributed by atoms with Crippen LogP contribution in [-0.2, 0) is 20.7 Å². The van der Waals surface area contributed by atoms with Gasteiger partial charge in [0.15, 0.2) is 6.10 Å². The van der Waals surface area contributed by atoms with Gasteiger partial charge in [-0.1, -0.05) is 36.4 Å². The summed E-state index contributed by atoms with van der Waals surface area (Å²) in [6.45, 7) is 4.16. The van der Waals surface area contributed by atoms with Crippen molar-refractivity contribution in [3.8, 4) is 0 Å². The molecule has 1 aliphatic rings. The minimum Gasteiger partial charge on any atom is -0.452 e. The average Bonchev–Trinajstić information content (AvgIpc) is 2.70. The fourth-order valence-electron chi connectivity index (χ4n) is 3.17. The molecule has 3 rings (SSSR count). The van der Waals surface area contributed by atoms with E-state index in [2.05, 4.69) is 4.90 Å². The molecule has 2 aromatic carbocycles. The number of piperazine rings is 1. The molecule has 142 valence electrons. The Kier molecular flexibility index (Phi) is 6.06. The van der Waals surface area contributed by atoms with Crippen molar-refractivity contribution in [2.75, 3.05) is 31.1 Å². The predicted octanol–water partition coefficient (Wildman–Crippen LogP) is 2.65. The van der Waals surface area contributed by atoms with E-state index < -0.39 is 17.9 Å². The largest absolute Gasteiger partial charge is 0.452 e. The van der Waals surface area contributed by atoms with Crippen molar-refractivity contribution in [1.29, 1.82) is 0 Å². The molecule has 0 radical (unpaired) electrons. The number of esters is 1. The molecule has 0 bridgehead atoms. The van der Waals surface area contributed by atoms with Crippen molar-refractivity contribution in [3.05, 3.63) is 66.0 Å². The summed E-state index contributed by atoms with van der Waals surface area (Å²) in [6.07, 6.45) is -1.07. The number of para-hydroxylation sites is 1. The lowest BCUT2D eigenvalue weighted by Crippen LogP contribution is -2.51. The number of anilines is 1. The Hall–Kier alpha value is -2.89. The Morgan fingerprint density at radius 1 is 1.00 bits per heavy atom. The number of amides is 1. The first-order valence-electron chi connectivity index (χ1n) is 9.06. The van der Waals surface area contributed by atoms with Crippen molar-refractivity contribution in [3.63, 3.8) is 0 Å². The number of nitrogens with zero attached hydrogens (tertiary/aromatic N) is 2. The summed E-state index contributed by atoms with van der Waals surface area (Å²) in [5.41, 5.74) is 1.40. The third-order valence-electron chi connectivity index (χ3n) is 4.66. The molecule has 0 aliphatic carbocycles. The first-order valence-corrected chi connectivity index (χ1v) is 9.06. The zero-order valence-electron chi connectivity index (χ0n) is 15.3. The Morgan fingerprint density at radius 2 is 1.63 bits per heavy atom. The molecule has 1 fully saturated rings. The zero-order valence-corrected chi connectivity index (χ0v) is 15.3. The van der Waals surface area contributed by atoms with Crippen molar-refractivity contribution in [2.45, 2.75) is 19.4 Å². The molecule has 0 saturated carbocycles. The molecule has 1 saturated heterocycles. The van der Waals surface area contributed by atoms with Gasteiger partial charge in [0.05, 0.1) is 6.42 Å². The maximum atomic E-state index is 13.6. The van der Waals surface area contributed by atoms with Crippen LogP contribution in [0.15, 0.2) is 54.6 Å². The lowest BCUT2D eigenvalue weighted by atomic mass is 10.1. The molecule has 1 atom stereocenters. The van der Waals surface area contributed by atoms with Gasteiger partial charge in [-0.25, -0.2) is 4.39 Å². The van der Waals surface area contributed by atoms with Gasteiger partial charge in [-0.3, -0.25) is 9.59 Å². The van der Waals surface area contributed by atoms with Crippen LogP contribution in [0.3, 0.4) is 0 Å². The molecule has 27 heavy (non-hydrogen) atoms. The quantitative estimate of drug-likeness (QED) is 0.760. The van der Waals surface area contributed by atoms with E-state index in [0.29, 0.717) is 13.1 Å². The van der Waals surface area contributed by atoms with Crippen LogP contribution in [0.4, 0.5) is 10.1 Å². The number of benzene rings is 2. The highest BCUT2D eigenvalue weighted by Crippen LogP contribution is 2.16. The minimum absolute atomic E-state index is 0.188. The summed E-state index contributed by atoms with van der Waals surface area (Å²) < 4.78 is 18.9. The monoisotopic (exact) mass is 370 g/mol. The molecule has 1 heterocycles. The van der Waals surface area contributed by atoms with E-state index >= 15 is 0 Å². The van der Waals surface area contributed by atoms with E-state index in [4.69, 9.17) is 4.74 Å². The van der Waals surface area contributed by atoms with Gasteiger partial charge in [-0.05, 0) is 30.7 Å². The van der Waals surface area contributed by atoms with E-state index in [9.17, 15) is 14.0 Å². The number of ether oxygens (including phenoxy) is 1. The molecule has 0 aromatic heterocycles. The van der Waals surface area contributed by atoms with Crippen LogP contribution >= 0.6 is 0 Å². The highest BCUT2D eigenvalue weighted by molar-refractivity contribution is 5.84. The van der Waals surface area contributed by atoms with E-state index in [1.54, 1.807) is 24.0 Å². The minimum atomic E-state index is -0.882. The summed E-state index contributed by atoms with van der Waals surface area (Å²) in [5, 5.41) is 0. The van der Waals surface area contributed by atoms with Gasteiger partial charge >= 0.3 is 5.97 Å². The third kappa shape index (κ3) is 4.84. The number of hydrogen-bond donors (Lipinski definition) is 0. The maximum Gasteiger partial charge on any atom is 0.311 e. The molecule has 2 aromatic rings. The standard InChI is InChI=1S/C21H23FN2O3/c1-16(27-20(25)15-17-7-5-6-10-19(17)22)21(26)24-13-11-23(12-14-24)18-8-3-2-4-9-18/h2-10,16H,11-15H2,1H3/t16-/m0/s1. The Labute approximate surface area is 158 Å². The van der Waals surface area contributed by atoms with E-state index in [1.165, 1.54) is 12.1 Å². The summed E-state index contributed by atoms with van der Waals surface area (Å²) in [5.74, 6) is -1.28. The molecule has 0 unspecified atom stereocenters.